The molecule has 0 radical (unpaired) electrons. The van der Waals surface area contributed by atoms with Crippen molar-refractivity contribution in [2.75, 3.05) is 0 Å². The summed E-state index contributed by atoms with van der Waals surface area (Å²) < 4.78 is 2.69. The highest BCUT2D eigenvalue weighted by atomic mass is 32.1. The van der Waals surface area contributed by atoms with Crippen molar-refractivity contribution < 1.29 is 0 Å². The summed E-state index contributed by atoms with van der Waals surface area (Å²) in [5.41, 5.74) is 10.1. The smallest absolute Gasteiger partial charge is 0.0434 e. The molecule has 0 nitrogen and oxygen atoms in total. The van der Waals surface area contributed by atoms with Gasteiger partial charge in [0.2, 0.25) is 0 Å². The maximum absolute atomic E-state index is 2.32. The molecule has 9 aromatic carbocycles. The van der Waals surface area contributed by atoms with Crippen molar-refractivity contribution in [2.24, 2.45) is 0 Å². The Bertz CT molecular complexity index is 2800. The third kappa shape index (κ3) is 4.44. The first-order valence-corrected chi connectivity index (χ1v) is 17.7. The van der Waals surface area contributed by atoms with Crippen molar-refractivity contribution in [1.29, 1.82) is 0 Å². The van der Waals surface area contributed by atoms with E-state index in [0.717, 1.165) is 0 Å². The summed E-state index contributed by atoms with van der Waals surface area (Å²) in [6.45, 7) is 0. The lowest BCUT2D eigenvalue weighted by molar-refractivity contribution is 1.60. The Morgan fingerprint density at radius 1 is 0.286 bits per heavy atom. The maximum atomic E-state index is 2.32. The molecule has 1 aromatic heterocycles. The first kappa shape index (κ1) is 28.0. The van der Waals surface area contributed by atoms with Crippen LogP contribution in [0.15, 0.2) is 182 Å². The third-order valence-electron chi connectivity index (χ3n) is 10.1. The molecular formula is C48H30S. The van der Waals surface area contributed by atoms with E-state index in [-0.39, 0.29) is 0 Å². The fourth-order valence-electron chi connectivity index (χ4n) is 7.91. The van der Waals surface area contributed by atoms with E-state index in [0.29, 0.717) is 0 Å². The van der Waals surface area contributed by atoms with E-state index in [9.17, 15) is 0 Å². The maximum Gasteiger partial charge on any atom is 0.0434 e. The standard InChI is InChI=1S/C48H30S/c1-2-13-31(14-3-1)35-16-6-7-18-38(35)46-41-21-10-8-19-39(41)45(40-20-9-11-22-42(40)46)34-27-25-33(26-28-34)36-23-12-24-44-47(36)43-30-29-32-15-4-5-17-37(32)48(43)49-44/h1-30H. The number of thiophene rings is 1. The van der Waals surface area contributed by atoms with E-state index >= 15 is 0 Å². The van der Waals surface area contributed by atoms with Gasteiger partial charge in [-0.1, -0.05) is 176 Å². The van der Waals surface area contributed by atoms with E-state index in [4.69, 9.17) is 0 Å². The van der Waals surface area contributed by atoms with E-state index in [1.807, 2.05) is 11.3 Å². The van der Waals surface area contributed by atoms with Crippen LogP contribution in [0, 0.1) is 0 Å². The Balaban J connectivity index is 1.17. The van der Waals surface area contributed by atoms with Gasteiger partial charge in [-0.15, -0.1) is 11.3 Å². The number of hydrogen-bond acceptors (Lipinski definition) is 1. The summed E-state index contributed by atoms with van der Waals surface area (Å²) in [7, 11) is 0. The van der Waals surface area contributed by atoms with E-state index < -0.39 is 0 Å². The van der Waals surface area contributed by atoms with Crippen LogP contribution in [0.1, 0.15) is 0 Å². The van der Waals surface area contributed by atoms with Crippen molar-refractivity contribution in [2.45, 2.75) is 0 Å². The molecule has 0 saturated carbocycles. The van der Waals surface area contributed by atoms with Crippen LogP contribution in [-0.2, 0) is 0 Å². The van der Waals surface area contributed by atoms with Gasteiger partial charge in [0, 0.05) is 20.2 Å². The lowest BCUT2D eigenvalue weighted by Gasteiger charge is -2.20. The highest BCUT2D eigenvalue weighted by molar-refractivity contribution is 7.26. The molecular weight excluding hydrogens is 609 g/mol. The molecule has 0 aliphatic heterocycles. The molecule has 0 amide bonds. The van der Waals surface area contributed by atoms with Gasteiger partial charge in [0.05, 0.1) is 0 Å². The molecule has 0 atom stereocenters. The molecule has 49 heavy (non-hydrogen) atoms. The largest absolute Gasteiger partial charge is 0.135 e. The normalized spacial score (nSPS) is 11.7. The number of hydrogen-bond donors (Lipinski definition) is 0. The van der Waals surface area contributed by atoms with Crippen LogP contribution in [-0.4, -0.2) is 0 Å². The fraction of sp³-hybridized carbons (Fsp3) is 0. The summed E-state index contributed by atoms with van der Waals surface area (Å²) >= 11 is 1.90. The van der Waals surface area contributed by atoms with Crippen LogP contribution in [0.5, 0.6) is 0 Å². The number of benzene rings is 9. The lowest BCUT2D eigenvalue weighted by atomic mass is 9.83. The zero-order valence-corrected chi connectivity index (χ0v) is 27.5. The van der Waals surface area contributed by atoms with Crippen molar-refractivity contribution in [3.05, 3.63) is 182 Å². The summed E-state index contributed by atoms with van der Waals surface area (Å²) in [5.74, 6) is 0. The van der Waals surface area contributed by atoms with Gasteiger partial charge in [-0.25, -0.2) is 0 Å². The topological polar surface area (TPSA) is 0 Å². The van der Waals surface area contributed by atoms with Gasteiger partial charge < -0.3 is 0 Å². The Hall–Kier alpha value is -6.02. The SMILES string of the molecule is c1ccc(-c2ccccc2-c2c3ccccc3c(-c3ccc(-c4cccc5sc6c7ccccc7ccc6c45)cc3)c3ccccc23)cc1. The molecule has 0 N–H and O–H groups in total. The molecule has 0 aliphatic rings. The van der Waals surface area contributed by atoms with E-state index in [2.05, 4.69) is 182 Å². The fourth-order valence-corrected chi connectivity index (χ4v) is 9.18. The first-order chi connectivity index (χ1) is 24.3. The average Bonchev–Trinajstić information content (AvgIpc) is 3.57. The van der Waals surface area contributed by atoms with Crippen LogP contribution in [0.25, 0.3) is 97.0 Å². The zero-order valence-electron chi connectivity index (χ0n) is 26.7. The summed E-state index contributed by atoms with van der Waals surface area (Å²) in [5, 5.41) is 10.4. The number of rotatable bonds is 4. The van der Waals surface area contributed by atoms with Gasteiger partial charge in [0.1, 0.15) is 0 Å². The Labute approximate surface area is 289 Å². The van der Waals surface area contributed by atoms with Gasteiger partial charge >= 0.3 is 0 Å². The van der Waals surface area contributed by atoms with Gasteiger partial charge in [-0.2, -0.15) is 0 Å². The molecule has 0 bridgehead atoms. The molecule has 10 aromatic rings. The molecule has 10 rings (SSSR count). The molecule has 0 spiro atoms. The molecule has 1 heteroatoms. The van der Waals surface area contributed by atoms with E-state index in [1.165, 1.54) is 97.0 Å². The van der Waals surface area contributed by atoms with Gasteiger partial charge in [0.25, 0.3) is 0 Å². The third-order valence-corrected chi connectivity index (χ3v) is 11.3. The minimum atomic E-state index is 1.23. The Morgan fingerprint density at radius 3 is 1.53 bits per heavy atom. The summed E-state index contributed by atoms with van der Waals surface area (Å²) in [6, 6.07) is 66.8. The molecule has 0 saturated heterocycles. The predicted molar refractivity (Wildman–Crippen MR) is 214 cm³/mol. The van der Waals surface area contributed by atoms with Crippen LogP contribution >= 0.6 is 11.3 Å². The van der Waals surface area contributed by atoms with Gasteiger partial charge in [-0.05, 0) is 82.9 Å². The Kier molecular flexibility index (Phi) is 6.47. The molecule has 1 heterocycles. The highest BCUT2D eigenvalue weighted by Gasteiger charge is 2.19. The zero-order chi connectivity index (χ0) is 32.3. The first-order valence-electron chi connectivity index (χ1n) is 16.9. The van der Waals surface area contributed by atoms with Gasteiger partial charge in [0.15, 0.2) is 0 Å². The monoisotopic (exact) mass is 638 g/mol. The Morgan fingerprint density at radius 2 is 0.816 bits per heavy atom. The highest BCUT2D eigenvalue weighted by Crippen LogP contribution is 2.47. The predicted octanol–water partition coefficient (Wildman–Crippen LogP) is 14.2. The van der Waals surface area contributed by atoms with Crippen LogP contribution in [0.3, 0.4) is 0 Å². The van der Waals surface area contributed by atoms with E-state index in [1.54, 1.807) is 0 Å². The van der Waals surface area contributed by atoms with Crippen molar-refractivity contribution in [3.8, 4) is 44.5 Å². The second-order valence-electron chi connectivity index (χ2n) is 12.8. The van der Waals surface area contributed by atoms with Crippen LogP contribution in [0.4, 0.5) is 0 Å². The minimum Gasteiger partial charge on any atom is -0.135 e. The van der Waals surface area contributed by atoms with Gasteiger partial charge in [-0.3, -0.25) is 0 Å². The van der Waals surface area contributed by atoms with Crippen LogP contribution < -0.4 is 0 Å². The quantitative estimate of drug-likeness (QED) is 0.168. The van der Waals surface area contributed by atoms with Crippen LogP contribution in [0.2, 0.25) is 0 Å². The summed E-state index contributed by atoms with van der Waals surface area (Å²) in [6.07, 6.45) is 0. The average molecular weight is 639 g/mol. The van der Waals surface area contributed by atoms with Crippen molar-refractivity contribution in [1.82, 2.24) is 0 Å². The van der Waals surface area contributed by atoms with Crippen molar-refractivity contribution in [3.63, 3.8) is 0 Å². The summed E-state index contributed by atoms with van der Waals surface area (Å²) in [4.78, 5) is 0. The minimum absolute atomic E-state index is 1.23. The molecule has 0 aliphatic carbocycles. The molecule has 228 valence electrons. The second-order valence-corrected chi connectivity index (χ2v) is 13.8. The molecule has 0 fully saturated rings. The number of fused-ring (bicyclic) bond motifs is 7. The lowest BCUT2D eigenvalue weighted by Crippen LogP contribution is -1.92. The van der Waals surface area contributed by atoms with Crippen molar-refractivity contribution >= 4 is 63.8 Å². The second kappa shape index (κ2) is 11.3. The molecule has 0 unspecified atom stereocenters.